The highest BCUT2D eigenvalue weighted by Crippen LogP contribution is 2.47. The van der Waals surface area contributed by atoms with Gasteiger partial charge >= 0.3 is 6.01 Å². The van der Waals surface area contributed by atoms with E-state index in [9.17, 15) is 22.8 Å². The van der Waals surface area contributed by atoms with E-state index in [1.165, 1.54) is 7.11 Å². The van der Waals surface area contributed by atoms with Crippen molar-refractivity contribution in [2.75, 3.05) is 27.8 Å². The van der Waals surface area contributed by atoms with E-state index in [1.54, 1.807) is 25.1 Å². The molecule has 0 saturated heterocycles. The zero-order valence-corrected chi connectivity index (χ0v) is 27.6. The quantitative estimate of drug-likeness (QED) is 0.400. The van der Waals surface area contributed by atoms with E-state index in [4.69, 9.17) is 14.2 Å². The van der Waals surface area contributed by atoms with E-state index < -0.39 is 50.6 Å². The molecule has 4 aliphatic rings. The second-order valence-electron chi connectivity index (χ2n) is 12.9. The Bertz CT molecular complexity index is 1660. The molecule has 13 nitrogen and oxygen atoms in total. The Morgan fingerprint density at radius 3 is 2.49 bits per heavy atom. The molecule has 3 amide bonds. The second kappa shape index (κ2) is 13.1. The third-order valence-electron chi connectivity index (χ3n) is 9.53. The lowest BCUT2D eigenvalue weighted by atomic mass is 9.93. The predicted molar refractivity (Wildman–Crippen MR) is 171 cm³/mol. The van der Waals surface area contributed by atoms with Crippen LogP contribution in [0.4, 0.5) is 0 Å². The summed E-state index contributed by atoms with van der Waals surface area (Å²) in [5.41, 5.74) is -0.0558. The smallest absolute Gasteiger partial charge is 0.320 e. The van der Waals surface area contributed by atoms with Gasteiger partial charge in [0.25, 0.3) is 5.91 Å². The fourth-order valence-corrected chi connectivity index (χ4v) is 7.89. The lowest BCUT2D eigenvalue weighted by Gasteiger charge is -2.26. The Morgan fingerprint density at radius 2 is 1.79 bits per heavy atom. The van der Waals surface area contributed by atoms with Gasteiger partial charge in [0.2, 0.25) is 27.7 Å². The summed E-state index contributed by atoms with van der Waals surface area (Å²) < 4.78 is 44.5. The molecule has 3 fully saturated rings. The highest BCUT2D eigenvalue weighted by atomic mass is 32.2. The van der Waals surface area contributed by atoms with Gasteiger partial charge in [0.15, 0.2) is 0 Å². The number of hydrogen-bond donors (Lipinski definition) is 2. The van der Waals surface area contributed by atoms with E-state index in [1.807, 2.05) is 36.4 Å². The van der Waals surface area contributed by atoms with Gasteiger partial charge in [-0.05, 0) is 75.6 Å². The van der Waals surface area contributed by atoms with E-state index in [-0.39, 0.29) is 43.0 Å². The molecule has 2 N–H and O–H groups in total. The third-order valence-corrected chi connectivity index (χ3v) is 11.4. The fourth-order valence-electron chi connectivity index (χ4n) is 6.53. The number of methoxy groups -OCH3 is 2. The molecule has 252 valence electrons. The lowest BCUT2D eigenvalue weighted by Crippen LogP contribution is -2.54. The first kappa shape index (κ1) is 32.7. The lowest BCUT2D eigenvalue weighted by molar-refractivity contribution is -0.140. The summed E-state index contributed by atoms with van der Waals surface area (Å²) >= 11 is 0. The number of sulfonamides is 1. The number of carbonyl (C=O) groups is 3. The molecule has 0 bridgehead atoms. The molecule has 5 atom stereocenters. The van der Waals surface area contributed by atoms with Gasteiger partial charge in [-0.25, -0.2) is 8.42 Å². The number of benzene rings is 1. The van der Waals surface area contributed by atoms with Crippen molar-refractivity contribution >= 4 is 27.7 Å². The SMILES string of the molecule is COc1ccc(-c2cc(O[C@@H]3C[C@H]4C(=O)N[C@]5(C(=O)NS(=O)(=O)C6CC6)C[C@@H]5/C=C\CCCCN(C)C(=O)[C@@H]4C3)nc(OC)n2)cc1. The van der Waals surface area contributed by atoms with Crippen LogP contribution in [-0.2, 0) is 24.4 Å². The number of rotatable bonds is 8. The first-order chi connectivity index (χ1) is 22.5. The number of nitrogens with zero attached hydrogens (tertiary/aromatic N) is 3. The highest BCUT2D eigenvalue weighted by molar-refractivity contribution is 7.91. The van der Waals surface area contributed by atoms with Crippen LogP contribution in [0, 0.1) is 17.8 Å². The standard InChI is InChI=1S/C33H41N5O8S/c1-38-15-7-5-4-6-8-21-19-33(21,31(41)37-47(42,43)24-13-14-24)36-29(39)25-16-23(17-26(25)30(38)40)46-28-18-27(34-32(35-28)45-3)20-9-11-22(44-2)12-10-20/h6,8-12,18,21,23-26H,4-5,7,13-17,19H2,1-3H3,(H,36,39)(H,37,41)/b8-6-/t21-,23+,25+,26+,33+/m0/s1. The van der Waals surface area contributed by atoms with Gasteiger partial charge < -0.3 is 24.4 Å². The monoisotopic (exact) mass is 667 g/mol. The average Bonchev–Trinajstić information content (AvgIpc) is 3.99. The molecule has 3 aliphatic carbocycles. The molecule has 6 rings (SSSR count). The van der Waals surface area contributed by atoms with Crippen LogP contribution >= 0.6 is 0 Å². The highest BCUT2D eigenvalue weighted by Gasteiger charge is 2.62. The van der Waals surface area contributed by atoms with Gasteiger partial charge in [-0.15, -0.1) is 0 Å². The van der Waals surface area contributed by atoms with Crippen molar-refractivity contribution < 1.29 is 37.0 Å². The van der Waals surface area contributed by atoms with E-state index in [0.29, 0.717) is 30.8 Å². The van der Waals surface area contributed by atoms with Crippen LogP contribution in [0.2, 0.25) is 0 Å². The van der Waals surface area contributed by atoms with Crippen molar-refractivity contribution in [3.05, 3.63) is 42.5 Å². The maximum Gasteiger partial charge on any atom is 0.320 e. The molecule has 1 aromatic heterocycles. The molecule has 0 radical (unpaired) electrons. The average molecular weight is 668 g/mol. The summed E-state index contributed by atoms with van der Waals surface area (Å²) in [5.74, 6) is -2.32. The second-order valence-corrected chi connectivity index (χ2v) is 14.8. The van der Waals surface area contributed by atoms with Crippen molar-refractivity contribution in [2.24, 2.45) is 17.8 Å². The van der Waals surface area contributed by atoms with E-state index >= 15 is 0 Å². The molecule has 14 heteroatoms. The molecule has 2 heterocycles. The van der Waals surface area contributed by atoms with E-state index in [0.717, 1.165) is 24.8 Å². The van der Waals surface area contributed by atoms with Crippen LogP contribution in [0.15, 0.2) is 42.5 Å². The normalized spacial score (nSPS) is 28.6. The maximum absolute atomic E-state index is 14.0. The predicted octanol–water partition coefficient (Wildman–Crippen LogP) is 2.62. The number of nitrogens with one attached hydrogen (secondary N) is 2. The van der Waals surface area contributed by atoms with Crippen LogP contribution in [0.25, 0.3) is 11.3 Å². The summed E-state index contributed by atoms with van der Waals surface area (Å²) in [4.78, 5) is 51.7. The summed E-state index contributed by atoms with van der Waals surface area (Å²) in [6.45, 7) is 0.548. The first-order valence-corrected chi connectivity index (χ1v) is 17.6. The molecule has 1 aliphatic heterocycles. The minimum Gasteiger partial charge on any atom is -0.497 e. The summed E-state index contributed by atoms with van der Waals surface area (Å²) in [7, 11) is 0.957. The van der Waals surface area contributed by atoms with Crippen LogP contribution in [0.3, 0.4) is 0 Å². The van der Waals surface area contributed by atoms with Crippen molar-refractivity contribution in [3.63, 3.8) is 0 Å². The number of allylic oxidation sites excluding steroid dienone is 1. The van der Waals surface area contributed by atoms with Gasteiger partial charge in [-0.3, -0.25) is 19.1 Å². The molecule has 1 aromatic carbocycles. The molecule has 47 heavy (non-hydrogen) atoms. The number of aromatic nitrogens is 2. The van der Waals surface area contributed by atoms with Gasteiger partial charge in [0.05, 0.1) is 37.0 Å². The number of hydrogen-bond acceptors (Lipinski definition) is 10. The largest absolute Gasteiger partial charge is 0.497 e. The summed E-state index contributed by atoms with van der Waals surface area (Å²) in [5, 5.41) is 2.32. The van der Waals surface area contributed by atoms with Crippen molar-refractivity contribution in [3.8, 4) is 28.9 Å². The van der Waals surface area contributed by atoms with Crippen LogP contribution < -0.4 is 24.2 Å². The Morgan fingerprint density at radius 1 is 1.04 bits per heavy atom. The van der Waals surface area contributed by atoms with Gasteiger partial charge in [-0.2, -0.15) is 9.97 Å². The van der Waals surface area contributed by atoms with Crippen molar-refractivity contribution in [1.29, 1.82) is 0 Å². The van der Waals surface area contributed by atoms with Crippen molar-refractivity contribution in [1.82, 2.24) is 24.9 Å². The molecular formula is C33H41N5O8S. The Hall–Kier alpha value is -4.20. The van der Waals surface area contributed by atoms with Crippen molar-refractivity contribution in [2.45, 2.75) is 68.3 Å². The van der Waals surface area contributed by atoms with Crippen LogP contribution in [-0.4, -0.2) is 85.7 Å². The topological polar surface area (TPSA) is 166 Å². The number of carbonyl (C=O) groups excluding carboxylic acids is 3. The maximum atomic E-state index is 14.0. The van der Waals surface area contributed by atoms with Gasteiger partial charge in [-0.1, -0.05) is 12.2 Å². The minimum absolute atomic E-state index is 0.0976. The summed E-state index contributed by atoms with van der Waals surface area (Å²) in [6.07, 6.45) is 7.41. The Balaban J connectivity index is 1.25. The van der Waals surface area contributed by atoms with Gasteiger partial charge in [0, 0.05) is 31.1 Å². The molecule has 0 spiro atoms. The molecular weight excluding hydrogens is 626 g/mol. The molecule has 3 saturated carbocycles. The first-order valence-electron chi connectivity index (χ1n) is 16.1. The molecule has 0 unspecified atom stereocenters. The zero-order chi connectivity index (χ0) is 33.3. The number of ether oxygens (including phenoxy) is 3. The molecule has 2 aromatic rings. The number of fused-ring (bicyclic) bond motifs is 2. The van der Waals surface area contributed by atoms with Crippen LogP contribution in [0.5, 0.6) is 17.6 Å². The van der Waals surface area contributed by atoms with Crippen LogP contribution in [0.1, 0.15) is 51.4 Å². The fraction of sp³-hybridized carbons (Fsp3) is 0.545. The Labute approximate surface area is 274 Å². The number of amides is 3. The van der Waals surface area contributed by atoms with E-state index in [2.05, 4.69) is 20.0 Å². The Kier molecular flexibility index (Phi) is 9.14. The summed E-state index contributed by atoms with van der Waals surface area (Å²) in [6, 6.07) is 9.10. The minimum atomic E-state index is -3.82. The van der Waals surface area contributed by atoms with Gasteiger partial charge in [0.1, 0.15) is 17.4 Å². The zero-order valence-electron chi connectivity index (χ0n) is 26.8. The third kappa shape index (κ3) is 7.07.